The first-order valence-electron chi connectivity index (χ1n) is 4.86. The predicted octanol–water partition coefficient (Wildman–Crippen LogP) is 2.29. The van der Waals surface area contributed by atoms with Gasteiger partial charge in [0, 0.05) is 25.5 Å². The molecule has 16 heavy (non-hydrogen) atoms. The van der Waals surface area contributed by atoms with Crippen LogP contribution in [0.5, 0.6) is 0 Å². The normalized spacial score (nSPS) is 9.38. The first-order valence-corrected chi connectivity index (χ1v) is 4.86. The highest BCUT2D eigenvalue weighted by Gasteiger charge is 2.03. The average molecular weight is 219 g/mol. The van der Waals surface area contributed by atoms with E-state index in [9.17, 15) is 4.79 Å². The summed E-state index contributed by atoms with van der Waals surface area (Å²) >= 11 is 0. The topological polar surface area (TPSA) is 41.6 Å². The van der Waals surface area contributed by atoms with Crippen molar-refractivity contribution in [2.75, 3.05) is 30.9 Å². The number of ether oxygens (including phenoxy) is 1. The van der Waals surface area contributed by atoms with E-state index in [1.54, 1.807) is 6.07 Å². The number of nitrogens with zero attached hydrogens (tertiary/aromatic N) is 1. The van der Waals surface area contributed by atoms with Gasteiger partial charge >= 0.3 is 6.09 Å². The maximum atomic E-state index is 11.2. The number of carbonyl (C=O) groups is 1. The molecule has 4 heteroatoms. The lowest BCUT2D eigenvalue weighted by Gasteiger charge is -2.13. The van der Waals surface area contributed by atoms with E-state index < -0.39 is 6.09 Å². The summed E-state index contributed by atoms with van der Waals surface area (Å²) in [6.07, 6.45) is 1.02. The summed E-state index contributed by atoms with van der Waals surface area (Å²) in [6, 6.07) is 8.30. The molecule has 0 aliphatic heterocycles. The van der Waals surface area contributed by atoms with Gasteiger partial charge in [-0.3, -0.25) is 5.32 Å². The van der Waals surface area contributed by atoms with Gasteiger partial charge in [0.25, 0.3) is 0 Å². The highest BCUT2D eigenvalue weighted by Crippen LogP contribution is 2.16. The Morgan fingerprint density at radius 2 is 2.38 bits per heavy atom. The molecule has 1 N–H and O–H groups in total. The quantitative estimate of drug-likeness (QED) is 0.790. The van der Waals surface area contributed by atoms with Crippen LogP contribution in [0.15, 0.2) is 30.9 Å². The summed E-state index contributed by atoms with van der Waals surface area (Å²) in [5, 5.41) is 2.61. The average Bonchev–Trinajstić information content (AvgIpc) is 2.26. The van der Waals surface area contributed by atoms with Crippen LogP contribution >= 0.6 is 0 Å². The molecule has 0 aliphatic carbocycles. The van der Waals surface area contributed by atoms with E-state index in [2.05, 4.69) is 18.0 Å². The van der Waals surface area contributed by atoms with Crippen molar-refractivity contribution < 1.29 is 9.53 Å². The van der Waals surface area contributed by atoms with Gasteiger partial charge in [0.05, 0.1) is 0 Å². The van der Waals surface area contributed by atoms with Crippen LogP contribution < -0.4 is 10.2 Å². The second-order valence-electron chi connectivity index (χ2n) is 3.39. The fourth-order valence-corrected chi connectivity index (χ4v) is 1.08. The molecule has 1 amide bonds. The van der Waals surface area contributed by atoms with Crippen molar-refractivity contribution in [3.63, 3.8) is 0 Å². The second-order valence-corrected chi connectivity index (χ2v) is 3.39. The molecule has 0 unspecified atom stereocenters. The molecule has 85 valence electrons. The summed E-state index contributed by atoms with van der Waals surface area (Å²) in [7, 11) is 3.84. The molecule has 1 aromatic carbocycles. The summed E-state index contributed by atoms with van der Waals surface area (Å²) in [5.41, 5.74) is 1.61. The number of hydrogen-bond acceptors (Lipinski definition) is 3. The first-order chi connectivity index (χ1) is 7.63. The number of hydrogen-bond donors (Lipinski definition) is 1. The number of amides is 1. The van der Waals surface area contributed by atoms with Gasteiger partial charge in [0.15, 0.2) is 0 Å². The van der Waals surface area contributed by atoms with E-state index in [0.29, 0.717) is 5.69 Å². The van der Waals surface area contributed by atoms with Crippen LogP contribution in [0.3, 0.4) is 0 Å². The molecule has 0 saturated carbocycles. The van der Waals surface area contributed by atoms with Gasteiger partial charge in [0.1, 0.15) is 6.61 Å². The molecule has 0 heterocycles. The van der Waals surface area contributed by atoms with Crippen LogP contribution in [0.1, 0.15) is 0 Å². The third-order valence-corrected chi connectivity index (χ3v) is 1.87. The Morgan fingerprint density at radius 1 is 1.62 bits per heavy atom. The standard InChI is InChI=1S/C12H15N2O2/c1-4-8-16-12(15)13-10-6-5-7-11(9-10)14(2)3/h4,6-7,9H,1,8H2,2-3H3,(H,13,15). The number of benzene rings is 1. The zero-order chi connectivity index (χ0) is 12.0. The van der Waals surface area contributed by atoms with Gasteiger partial charge in [-0.15, -0.1) is 0 Å². The van der Waals surface area contributed by atoms with Gasteiger partial charge < -0.3 is 9.64 Å². The summed E-state index contributed by atoms with van der Waals surface area (Å²) in [4.78, 5) is 13.2. The fourth-order valence-electron chi connectivity index (χ4n) is 1.08. The van der Waals surface area contributed by atoms with E-state index in [0.717, 1.165) is 5.69 Å². The lowest BCUT2D eigenvalue weighted by atomic mass is 10.2. The molecule has 0 aliphatic rings. The number of rotatable bonds is 4. The number of nitrogens with one attached hydrogen (secondary N) is 1. The van der Waals surface area contributed by atoms with Crippen molar-refractivity contribution >= 4 is 17.5 Å². The molecule has 1 aromatic rings. The third kappa shape index (κ3) is 3.65. The van der Waals surface area contributed by atoms with Crippen molar-refractivity contribution in [3.05, 3.63) is 36.9 Å². The van der Waals surface area contributed by atoms with Gasteiger partial charge in [0.2, 0.25) is 0 Å². The second kappa shape index (κ2) is 5.80. The molecule has 0 saturated heterocycles. The summed E-state index contributed by atoms with van der Waals surface area (Å²) in [5.74, 6) is 0. The van der Waals surface area contributed by atoms with Crippen LogP contribution in [0.4, 0.5) is 16.2 Å². The maximum Gasteiger partial charge on any atom is 0.411 e. The number of anilines is 2. The van der Waals surface area contributed by atoms with E-state index in [-0.39, 0.29) is 6.61 Å². The van der Waals surface area contributed by atoms with Gasteiger partial charge in [-0.25, -0.2) is 4.79 Å². The highest BCUT2D eigenvalue weighted by atomic mass is 16.5. The smallest absolute Gasteiger partial charge is 0.411 e. The van der Waals surface area contributed by atoms with Crippen LogP contribution in [-0.4, -0.2) is 26.8 Å². The maximum absolute atomic E-state index is 11.2. The van der Waals surface area contributed by atoms with Crippen LogP contribution in [-0.2, 0) is 4.74 Å². The van der Waals surface area contributed by atoms with Gasteiger partial charge in [-0.1, -0.05) is 12.7 Å². The van der Waals surface area contributed by atoms with Crippen molar-refractivity contribution in [2.45, 2.75) is 0 Å². The monoisotopic (exact) mass is 219 g/mol. The predicted molar refractivity (Wildman–Crippen MR) is 64.8 cm³/mol. The largest absolute Gasteiger partial charge is 0.445 e. The van der Waals surface area contributed by atoms with Crippen molar-refractivity contribution in [1.29, 1.82) is 0 Å². The molecule has 0 atom stereocenters. The van der Waals surface area contributed by atoms with E-state index in [1.165, 1.54) is 6.08 Å². The Balaban J connectivity index is 2.63. The van der Waals surface area contributed by atoms with Crippen molar-refractivity contribution in [2.24, 2.45) is 0 Å². The minimum absolute atomic E-state index is 0.197. The minimum Gasteiger partial charge on any atom is -0.445 e. The molecule has 0 spiro atoms. The SMILES string of the molecule is C=CCOC(=O)Nc1c[c]cc(N(C)C)c1. The highest BCUT2D eigenvalue weighted by molar-refractivity contribution is 5.85. The molecule has 0 bridgehead atoms. The van der Waals surface area contributed by atoms with Gasteiger partial charge in [-0.2, -0.15) is 0 Å². The molecule has 1 rings (SSSR count). The summed E-state index contributed by atoms with van der Waals surface area (Å²) in [6.45, 7) is 3.66. The van der Waals surface area contributed by atoms with E-state index in [4.69, 9.17) is 4.74 Å². The molecule has 0 aromatic heterocycles. The molecule has 1 radical (unpaired) electrons. The van der Waals surface area contributed by atoms with E-state index >= 15 is 0 Å². The van der Waals surface area contributed by atoms with E-state index in [1.807, 2.05) is 31.1 Å². The number of carbonyl (C=O) groups excluding carboxylic acids is 1. The minimum atomic E-state index is -0.496. The lowest BCUT2D eigenvalue weighted by molar-refractivity contribution is 0.174. The third-order valence-electron chi connectivity index (χ3n) is 1.87. The van der Waals surface area contributed by atoms with Crippen LogP contribution in [0.2, 0.25) is 0 Å². The Kier molecular flexibility index (Phi) is 4.39. The summed E-state index contributed by atoms with van der Waals surface area (Å²) < 4.78 is 4.80. The van der Waals surface area contributed by atoms with Gasteiger partial charge in [-0.05, 0) is 24.3 Å². The van der Waals surface area contributed by atoms with Crippen molar-refractivity contribution in [3.8, 4) is 0 Å². The van der Waals surface area contributed by atoms with Crippen LogP contribution in [0.25, 0.3) is 0 Å². The zero-order valence-corrected chi connectivity index (χ0v) is 9.49. The molecule has 4 nitrogen and oxygen atoms in total. The Morgan fingerprint density at radius 3 is 3.00 bits per heavy atom. The fraction of sp³-hybridized carbons (Fsp3) is 0.250. The molecule has 0 fully saturated rings. The Hall–Kier alpha value is -1.97. The molecular formula is C12H15N2O2. The lowest BCUT2D eigenvalue weighted by Crippen LogP contribution is -2.14. The Bertz CT molecular complexity index is 375. The van der Waals surface area contributed by atoms with Crippen LogP contribution in [0, 0.1) is 6.07 Å². The Labute approximate surface area is 95.5 Å². The van der Waals surface area contributed by atoms with Crippen molar-refractivity contribution in [1.82, 2.24) is 0 Å². The zero-order valence-electron chi connectivity index (χ0n) is 9.49. The first kappa shape index (κ1) is 12.1. The molecular weight excluding hydrogens is 204 g/mol.